The van der Waals surface area contributed by atoms with Gasteiger partial charge in [-0.2, -0.15) is 13.2 Å². The summed E-state index contributed by atoms with van der Waals surface area (Å²) >= 11 is 1.19. The zero-order valence-electron chi connectivity index (χ0n) is 18.8. The van der Waals surface area contributed by atoms with Crippen LogP contribution in [-0.4, -0.2) is 39.1 Å². The summed E-state index contributed by atoms with van der Waals surface area (Å²) in [5.74, 6) is -0.616. The molecule has 11 heteroatoms. The third-order valence-electron chi connectivity index (χ3n) is 5.59. The highest BCUT2D eigenvalue weighted by atomic mass is 32.1. The van der Waals surface area contributed by atoms with Crippen LogP contribution in [0.2, 0.25) is 0 Å². The van der Waals surface area contributed by atoms with Crippen molar-refractivity contribution in [2.24, 2.45) is 0 Å². The molecule has 0 spiro atoms. The van der Waals surface area contributed by atoms with E-state index < -0.39 is 23.3 Å². The first-order valence-electron chi connectivity index (χ1n) is 10.7. The third kappa shape index (κ3) is 5.56. The summed E-state index contributed by atoms with van der Waals surface area (Å²) in [6.07, 6.45) is -3.83. The van der Waals surface area contributed by atoms with Gasteiger partial charge in [0.05, 0.1) is 11.3 Å². The summed E-state index contributed by atoms with van der Waals surface area (Å²) in [7, 11) is 0. The van der Waals surface area contributed by atoms with E-state index in [9.17, 15) is 27.9 Å². The summed E-state index contributed by atoms with van der Waals surface area (Å²) in [5.41, 5.74) is 0.801. The van der Waals surface area contributed by atoms with Gasteiger partial charge in [-0.3, -0.25) is 5.32 Å². The number of rotatable bonds is 5. The second kappa shape index (κ2) is 9.21. The topological polar surface area (TPSA) is 91.8 Å². The molecule has 0 radical (unpaired) electrons. The molecule has 1 aliphatic heterocycles. The molecule has 0 unspecified atom stereocenters. The largest absolute Gasteiger partial charge is 0.478 e. The van der Waals surface area contributed by atoms with Crippen LogP contribution < -0.4 is 10.1 Å². The third-order valence-corrected chi connectivity index (χ3v) is 6.35. The Kier molecular flexibility index (Phi) is 6.46. The number of carboxylic acids is 1. The van der Waals surface area contributed by atoms with Crippen molar-refractivity contribution in [3.05, 3.63) is 64.5 Å². The Labute approximate surface area is 203 Å². The number of hydrogen-bond donors (Lipinski definition) is 2. The first-order valence-corrected chi connectivity index (χ1v) is 11.5. The van der Waals surface area contributed by atoms with E-state index in [4.69, 9.17) is 4.74 Å². The minimum Gasteiger partial charge on any atom is -0.478 e. The Morgan fingerprint density at radius 3 is 2.49 bits per heavy atom. The van der Waals surface area contributed by atoms with Gasteiger partial charge in [0, 0.05) is 24.0 Å². The van der Waals surface area contributed by atoms with Gasteiger partial charge >= 0.3 is 18.2 Å². The van der Waals surface area contributed by atoms with Gasteiger partial charge in [0.2, 0.25) is 0 Å². The molecule has 1 aromatic heterocycles. The van der Waals surface area contributed by atoms with Gasteiger partial charge in [0.25, 0.3) is 0 Å². The second-order valence-electron chi connectivity index (χ2n) is 8.56. The van der Waals surface area contributed by atoms with Crippen molar-refractivity contribution in [1.29, 1.82) is 0 Å². The predicted octanol–water partition coefficient (Wildman–Crippen LogP) is 5.66. The average molecular weight is 506 g/mol. The maximum absolute atomic E-state index is 12.8. The van der Waals surface area contributed by atoms with Crippen molar-refractivity contribution >= 4 is 28.5 Å². The lowest BCUT2D eigenvalue weighted by Gasteiger charge is -2.29. The van der Waals surface area contributed by atoms with Crippen LogP contribution in [0, 0.1) is 0 Å². The Balaban J connectivity index is 1.39. The normalized spacial score (nSPS) is 13.8. The molecule has 0 saturated heterocycles. The SMILES string of the molecule is CC(C)(Oc1ccc2c(c1)CCN(C(=O)Nc1nc(-c3ccc(C(F)(F)F)cc3)cs1)C2)C(=O)O. The molecule has 3 aromatic rings. The van der Waals surface area contributed by atoms with Crippen molar-refractivity contribution < 1.29 is 32.6 Å². The van der Waals surface area contributed by atoms with E-state index in [0.717, 1.165) is 23.3 Å². The van der Waals surface area contributed by atoms with Crippen LogP contribution in [0.15, 0.2) is 47.8 Å². The zero-order chi connectivity index (χ0) is 25.4. The van der Waals surface area contributed by atoms with Gasteiger partial charge in [-0.25, -0.2) is 14.6 Å². The number of ether oxygens (including phenoxy) is 1. The minimum absolute atomic E-state index is 0.337. The standard InChI is InChI=1S/C24H22F3N3O4S/c1-23(2,20(31)32)34-18-8-5-16-12-30(10-9-15(16)11-18)22(33)29-21-28-19(13-35-21)14-3-6-17(7-4-14)24(25,26)27/h3-8,11,13H,9-10,12H2,1-2H3,(H,31,32)(H,28,29,33). The maximum atomic E-state index is 12.8. The monoisotopic (exact) mass is 505 g/mol. The second-order valence-corrected chi connectivity index (χ2v) is 9.42. The number of carbonyl (C=O) groups is 2. The Bertz CT molecular complexity index is 1260. The molecule has 0 fully saturated rings. The number of amides is 2. The molecule has 184 valence electrons. The van der Waals surface area contributed by atoms with E-state index in [-0.39, 0.29) is 6.03 Å². The summed E-state index contributed by atoms with van der Waals surface area (Å²) < 4.78 is 43.9. The van der Waals surface area contributed by atoms with Gasteiger partial charge in [-0.05, 0) is 55.7 Å². The van der Waals surface area contributed by atoms with Crippen LogP contribution in [0.4, 0.5) is 23.1 Å². The molecule has 7 nitrogen and oxygen atoms in total. The Hall–Kier alpha value is -3.60. The van der Waals surface area contributed by atoms with Gasteiger partial charge in [-0.15, -0.1) is 11.3 Å². The number of carboxylic acid groups (broad SMARTS) is 1. The molecule has 4 rings (SSSR count). The summed E-state index contributed by atoms with van der Waals surface area (Å²) in [6.45, 7) is 3.76. The van der Waals surface area contributed by atoms with Crippen LogP contribution >= 0.6 is 11.3 Å². The maximum Gasteiger partial charge on any atom is 0.416 e. The molecule has 0 bridgehead atoms. The first kappa shape index (κ1) is 24.5. The Morgan fingerprint density at radius 1 is 1.11 bits per heavy atom. The van der Waals surface area contributed by atoms with E-state index >= 15 is 0 Å². The van der Waals surface area contributed by atoms with Crippen LogP contribution in [0.3, 0.4) is 0 Å². The lowest BCUT2D eigenvalue weighted by molar-refractivity contribution is -0.152. The number of carbonyl (C=O) groups excluding carboxylic acids is 1. The van der Waals surface area contributed by atoms with Crippen molar-refractivity contribution in [3.63, 3.8) is 0 Å². The van der Waals surface area contributed by atoms with Gasteiger partial charge in [0.15, 0.2) is 10.7 Å². The molecular formula is C24H22F3N3O4S. The number of nitrogens with zero attached hydrogens (tertiary/aromatic N) is 2. The minimum atomic E-state index is -4.41. The number of anilines is 1. The molecule has 2 aromatic carbocycles. The highest BCUT2D eigenvalue weighted by Crippen LogP contribution is 2.32. The van der Waals surface area contributed by atoms with E-state index in [1.165, 1.54) is 37.3 Å². The number of thiazole rings is 1. The number of aliphatic carboxylic acids is 1. The molecule has 0 aliphatic carbocycles. The van der Waals surface area contributed by atoms with E-state index in [1.807, 2.05) is 6.07 Å². The van der Waals surface area contributed by atoms with Gasteiger partial charge < -0.3 is 14.7 Å². The van der Waals surface area contributed by atoms with Crippen LogP contribution in [0.25, 0.3) is 11.3 Å². The lowest BCUT2D eigenvalue weighted by atomic mass is 9.99. The fraction of sp³-hybridized carbons (Fsp3) is 0.292. The van der Waals surface area contributed by atoms with Crippen LogP contribution in [0.1, 0.15) is 30.5 Å². The van der Waals surface area contributed by atoms with Crippen molar-refractivity contribution in [2.75, 3.05) is 11.9 Å². The molecule has 2 heterocycles. The number of fused-ring (bicyclic) bond motifs is 1. The van der Waals surface area contributed by atoms with E-state index in [2.05, 4.69) is 10.3 Å². The Morgan fingerprint density at radius 2 is 1.83 bits per heavy atom. The highest BCUT2D eigenvalue weighted by Gasteiger charge is 2.31. The number of nitrogens with one attached hydrogen (secondary N) is 1. The molecule has 2 amide bonds. The number of hydrogen-bond acceptors (Lipinski definition) is 5. The zero-order valence-corrected chi connectivity index (χ0v) is 19.7. The number of aromatic nitrogens is 1. The smallest absolute Gasteiger partial charge is 0.416 e. The summed E-state index contributed by atoms with van der Waals surface area (Å²) in [6, 6.07) is 9.65. The van der Waals surface area contributed by atoms with E-state index in [0.29, 0.717) is 41.6 Å². The predicted molar refractivity (Wildman–Crippen MR) is 124 cm³/mol. The number of halogens is 3. The molecule has 35 heavy (non-hydrogen) atoms. The van der Waals surface area contributed by atoms with Crippen LogP contribution in [0.5, 0.6) is 5.75 Å². The summed E-state index contributed by atoms with van der Waals surface area (Å²) in [5, 5.41) is 14.0. The van der Waals surface area contributed by atoms with Gasteiger partial charge in [-0.1, -0.05) is 18.2 Å². The fourth-order valence-corrected chi connectivity index (χ4v) is 4.28. The number of benzene rings is 2. The molecule has 0 saturated carbocycles. The quantitative estimate of drug-likeness (QED) is 0.467. The van der Waals surface area contributed by atoms with E-state index in [1.54, 1.807) is 22.4 Å². The van der Waals surface area contributed by atoms with Crippen molar-refractivity contribution in [2.45, 2.75) is 38.6 Å². The molecule has 1 aliphatic rings. The first-order chi connectivity index (χ1) is 16.4. The van der Waals surface area contributed by atoms with Crippen molar-refractivity contribution in [1.82, 2.24) is 9.88 Å². The molecule has 0 atom stereocenters. The number of alkyl halides is 3. The average Bonchev–Trinajstić information content (AvgIpc) is 3.26. The number of urea groups is 1. The highest BCUT2D eigenvalue weighted by molar-refractivity contribution is 7.14. The lowest BCUT2D eigenvalue weighted by Crippen LogP contribution is -2.39. The van der Waals surface area contributed by atoms with Gasteiger partial charge in [0.1, 0.15) is 5.75 Å². The molecular weight excluding hydrogens is 483 g/mol. The van der Waals surface area contributed by atoms with Crippen molar-refractivity contribution in [3.8, 4) is 17.0 Å². The summed E-state index contributed by atoms with van der Waals surface area (Å²) in [4.78, 5) is 30.0. The molecule has 2 N–H and O–H groups in total. The fourth-order valence-electron chi connectivity index (χ4n) is 3.57. The van der Waals surface area contributed by atoms with Crippen LogP contribution in [-0.2, 0) is 23.9 Å².